The Bertz CT molecular complexity index is 306. The van der Waals surface area contributed by atoms with Crippen LogP contribution in [0.15, 0.2) is 24.3 Å². The van der Waals surface area contributed by atoms with Crippen LogP contribution in [0.1, 0.15) is 17.9 Å². The third-order valence-electron chi connectivity index (χ3n) is 3.09. The molecule has 1 aromatic rings. The molecule has 1 heterocycles. The van der Waals surface area contributed by atoms with Crippen LogP contribution in [0.5, 0.6) is 0 Å². The zero-order valence-corrected chi connectivity index (χ0v) is 9.47. The number of thioether (sulfide) groups is 1. The Morgan fingerprint density at radius 1 is 1.40 bits per heavy atom. The minimum Gasteiger partial charge on any atom is -0.330 e. The van der Waals surface area contributed by atoms with Crippen LogP contribution < -0.4 is 5.73 Å². The van der Waals surface area contributed by atoms with Crippen molar-refractivity contribution >= 4 is 11.8 Å². The van der Waals surface area contributed by atoms with Crippen molar-refractivity contribution < 1.29 is 4.39 Å². The molecule has 2 rings (SSSR count). The van der Waals surface area contributed by atoms with Crippen LogP contribution >= 0.6 is 11.8 Å². The molecule has 82 valence electrons. The summed E-state index contributed by atoms with van der Waals surface area (Å²) in [5.74, 6) is 3.34. The average molecular weight is 225 g/mol. The van der Waals surface area contributed by atoms with E-state index in [1.807, 2.05) is 23.9 Å². The molecule has 1 aromatic carbocycles. The van der Waals surface area contributed by atoms with Gasteiger partial charge in [0.2, 0.25) is 0 Å². The summed E-state index contributed by atoms with van der Waals surface area (Å²) in [7, 11) is 0. The predicted octanol–water partition coefficient (Wildman–Crippen LogP) is 2.62. The van der Waals surface area contributed by atoms with Crippen LogP contribution in [-0.2, 0) is 0 Å². The van der Waals surface area contributed by atoms with Gasteiger partial charge in [-0.1, -0.05) is 12.1 Å². The summed E-state index contributed by atoms with van der Waals surface area (Å²) in [6, 6.07) is 6.80. The van der Waals surface area contributed by atoms with E-state index in [9.17, 15) is 4.39 Å². The van der Waals surface area contributed by atoms with Crippen LogP contribution in [0.3, 0.4) is 0 Å². The van der Waals surface area contributed by atoms with Crippen molar-refractivity contribution in [2.75, 3.05) is 18.1 Å². The largest absolute Gasteiger partial charge is 0.330 e. The Labute approximate surface area is 94.2 Å². The minimum atomic E-state index is -0.171. The van der Waals surface area contributed by atoms with Crippen LogP contribution in [0.25, 0.3) is 0 Å². The Morgan fingerprint density at radius 2 is 2.13 bits per heavy atom. The number of hydrogen-bond donors (Lipinski definition) is 1. The molecule has 1 aliphatic heterocycles. The van der Waals surface area contributed by atoms with Gasteiger partial charge in [0.25, 0.3) is 0 Å². The molecule has 0 saturated carbocycles. The molecular formula is C12H16FNS. The molecule has 1 fully saturated rings. The number of benzene rings is 1. The lowest BCUT2D eigenvalue weighted by molar-refractivity contribution is 0.475. The van der Waals surface area contributed by atoms with Gasteiger partial charge < -0.3 is 5.73 Å². The molecule has 2 atom stereocenters. The maximum Gasteiger partial charge on any atom is 0.123 e. The predicted molar refractivity (Wildman–Crippen MR) is 63.6 cm³/mol. The van der Waals surface area contributed by atoms with E-state index < -0.39 is 0 Å². The molecule has 15 heavy (non-hydrogen) atoms. The second-order valence-electron chi connectivity index (χ2n) is 4.02. The van der Waals surface area contributed by atoms with Crippen molar-refractivity contribution in [3.05, 3.63) is 35.6 Å². The van der Waals surface area contributed by atoms with Crippen molar-refractivity contribution in [2.24, 2.45) is 11.7 Å². The Balaban J connectivity index is 2.14. The Hall–Kier alpha value is -0.540. The fourth-order valence-electron chi connectivity index (χ4n) is 2.18. The van der Waals surface area contributed by atoms with E-state index in [0.717, 1.165) is 0 Å². The summed E-state index contributed by atoms with van der Waals surface area (Å²) in [4.78, 5) is 0. The van der Waals surface area contributed by atoms with Crippen molar-refractivity contribution in [1.82, 2.24) is 0 Å². The van der Waals surface area contributed by atoms with E-state index in [1.165, 1.54) is 35.6 Å². The molecular weight excluding hydrogens is 209 g/mol. The standard InChI is InChI=1S/C12H16FNS/c13-11-3-1-9(2-4-11)12(7-14)10-5-6-15-8-10/h1-4,10,12H,5-8,14H2. The van der Waals surface area contributed by atoms with Crippen molar-refractivity contribution in [2.45, 2.75) is 12.3 Å². The maximum absolute atomic E-state index is 12.8. The Morgan fingerprint density at radius 3 is 2.67 bits per heavy atom. The lowest BCUT2D eigenvalue weighted by Gasteiger charge is -2.21. The highest BCUT2D eigenvalue weighted by Gasteiger charge is 2.25. The third-order valence-corrected chi connectivity index (χ3v) is 4.27. The minimum absolute atomic E-state index is 0.171. The number of nitrogens with two attached hydrogens (primary N) is 1. The van der Waals surface area contributed by atoms with Crippen molar-refractivity contribution in [3.8, 4) is 0 Å². The van der Waals surface area contributed by atoms with Gasteiger partial charge in [0.05, 0.1) is 0 Å². The van der Waals surface area contributed by atoms with Crippen LogP contribution in [0.2, 0.25) is 0 Å². The van der Waals surface area contributed by atoms with Gasteiger partial charge in [-0.2, -0.15) is 11.8 Å². The summed E-state index contributed by atoms with van der Waals surface area (Å²) in [5, 5.41) is 0. The molecule has 0 aliphatic carbocycles. The molecule has 2 unspecified atom stereocenters. The number of rotatable bonds is 3. The van der Waals surface area contributed by atoms with E-state index in [0.29, 0.717) is 18.4 Å². The number of halogens is 1. The van der Waals surface area contributed by atoms with Gasteiger partial charge in [0.15, 0.2) is 0 Å². The van der Waals surface area contributed by atoms with E-state index in [4.69, 9.17) is 5.73 Å². The quantitative estimate of drug-likeness (QED) is 0.855. The first-order valence-electron chi connectivity index (χ1n) is 5.34. The second kappa shape index (κ2) is 4.99. The molecule has 1 saturated heterocycles. The molecule has 0 bridgehead atoms. The summed E-state index contributed by atoms with van der Waals surface area (Å²) >= 11 is 1.99. The molecule has 1 nitrogen and oxygen atoms in total. The lowest BCUT2D eigenvalue weighted by Crippen LogP contribution is -2.21. The molecule has 2 N–H and O–H groups in total. The highest BCUT2D eigenvalue weighted by Crippen LogP contribution is 2.35. The van der Waals surface area contributed by atoms with Gasteiger partial charge in [0.1, 0.15) is 5.82 Å². The van der Waals surface area contributed by atoms with Crippen LogP contribution in [-0.4, -0.2) is 18.1 Å². The second-order valence-corrected chi connectivity index (χ2v) is 5.17. The first kappa shape index (κ1) is 11.0. The fourth-order valence-corrected chi connectivity index (χ4v) is 3.52. The summed E-state index contributed by atoms with van der Waals surface area (Å²) in [5.41, 5.74) is 7.01. The summed E-state index contributed by atoms with van der Waals surface area (Å²) < 4.78 is 12.8. The highest BCUT2D eigenvalue weighted by molar-refractivity contribution is 7.99. The van der Waals surface area contributed by atoms with Crippen LogP contribution in [0, 0.1) is 11.7 Å². The van der Waals surface area contributed by atoms with Crippen molar-refractivity contribution in [1.29, 1.82) is 0 Å². The van der Waals surface area contributed by atoms with Gasteiger partial charge in [0, 0.05) is 0 Å². The Kier molecular flexibility index (Phi) is 3.65. The fraction of sp³-hybridized carbons (Fsp3) is 0.500. The molecule has 0 aromatic heterocycles. The SMILES string of the molecule is NCC(c1ccc(F)cc1)C1CCSC1. The van der Waals surface area contributed by atoms with Crippen molar-refractivity contribution in [3.63, 3.8) is 0 Å². The summed E-state index contributed by atoms with van der Waals surface area (Å²) in [6.45, 7) is 0.664. The summed E-state index contributed by atoms with van der Waals surface area (Å²) in [6.07, 6.45) is 1.24. The molecule has 3 heteroatoms. The normalized spacial score (nSPS) is 22.9. The maximum atomic E-state index is 12.8. The first-order valence-corrected chi connectivity index (χ1v) is 6.50. The molecule has 1 aliphatic rings. The van der Waals surface area contributed by atoms with Crippen LogP contribution in [0.4, 0.5) is 4.39 Å². The molecule has 0 radical (unpaired) electrons. The zero-order chi connectivity index (χ0) is 10.7. The topological polar surface area (TPSA) is 26.0 Å². The van der Waals surface area contributed by atoms with Gasteiger partial charge in [-0.05, 0) is 54.0 Å². The lowest BCUT2D eigenvalue weighted by atomic mass is 9.86. The van der Waals surface area contributed by atoms with Gasteiger partial charge in [-0.15, -0.1) is 0 Å². The first-order chi connectivity index (χ1) is 7.31. The zero-order valence-electron chi connectivity index (χ0n) is 8.66. The number of hydrogen-bond acceptors (Lipinski definition) is 2. The molecule has 0 spiro atoms. The van der Waals surface area contributed by atoms with E-state index in [-0.39, 0.29) is 5.82 Å². The average Bonchev–Trinajstić information content (AvgIpc) is 2.75. The van der Waals surface area contributed by atoms with Gasteiger partial charge in [-0.3, -0.25) is 0 Å². The van der Waals surface area contributed by atoms with E-state index in [1.54, 1.807) is 0 Å². The monoisotopic (exact) mass is 225 g/mol. The third kappa shape index (κ3) is 2.52. The van der Waals surface area contributed by atoms with E-state index in [2.05, 4.69) is 0 Å². The van der Waals surface area contributed by atoms with Gasteiger partial charge >= 0.3 is 0 Å². The molecule has 0 amide bonds. The van der Waals surface area contributed by atoms with Gasteiger partial charge in [-0.25, -0.2) is 4.39 Å². The smallest absolute Gasteiger partial charge is 0.123 e. The van der Waals surface area contributed by atoms with E-state index >= 15 is 0 Å². The highest BCUT2D eigenvalue weighted by atomic mass is 32.2.